The van der Waals surface area contributed by atoms with E-state index in [4.69, 9.17) is 15.0 Å². The molecule has 0 amide bonds. The minimum absolute atomic E-state index is 0.281. The zero-order chi connectivity index (χ0) is 36.0. The summed E-state index contributed by atoms with van der Waals surface area (Å²) in [6.07, 6.45) is 2.57. The maximum absolute atomic E-state index is 12.9. The van der Waals surface area contributed by atoms with E-state index in [-0.39, 0.29) is 12.3 Å². The van der Waals surface area contributed by atoms with Gasteiger partial charge < -0.3 is 14.4 Å². The number of methoxy groups -OCH3 is 1. The van der Waals surface area contributed by atoms with E-state index in [1.165, 1.54) is 7.11 Å². The van der Waals surface area contributed by atoms with E-state index in [2.05, 4.69) is 95.2 Å². The highest BCUT2D eigenvalue weighted by Gasteiger charge is 2.60. The number of esters is 1. The number of unbranched alkanes of at least 4 members (excludes halogenated alkanes) is 1. The quantitative estimate of drug-likeness (QED) is 0.0962. The summed E-state index contributed by atoms with van der Waals surface area (Å²) in [6.45, 7) is 2.16. The van der Waals surface area contributed by atoms with Gasteiger partial charge in [0.15, 0.2) is 5.69 Å². The second-order valence-electron chi connectivity index (χ2n) is 12.8. The number of benzene rings is 5. The fourth-order valence-corrected chi connectivity index (χ4v) is 7.51. The lowest BCUT2D eigenvalue weighted by molar-refractivity contribution is 0.0584. The van der Waals surface area contributed by atoms with E-state index in [0.717, 1.165) is 57.6 Å². The standard InChI is InChI=1S/C43H40N6O3/c1-3-4-24-39-44-38(30-50)40(41(51)52-2)49(39)29-31-25-27-32(28-26-31)36-22-14-15-23-37(36)43(45-47-48-46-43)42(33-16-8-5-9-17-33,34-18-10-6-11-19-34)35-20-12-7-13-21-35/h5-23,25-28,50H,3-4,24,29-30H2,1-2H3. The molecule has 0 radical (unpaired) electrons. The SMILES string of the molecule is CCCCc1nc(CO)c(C(=O)OC)n1Cc1ccc(-c2ccccc2C2(C(c3ccccc3)(c3ccccc3)c3ccccc3)N=NN=N2)cc1. The molecule has 0 unspecified atom stereocenters. The molecular formula is C43H40N6O3. The molecule has 0 aliphatic carbocycles. The molecule has 0 fully saturated rings. The third-order valence-electron chi connectivity index (χ3n) is 9.87. The van der Waals surface area contributed by atoms with Gasteiger partial charge in [-0.2, -0.15) is 0 Å². The van der Waals surface area contributed by atoms with Crippen LogP contribution in [0.25, 0.3) is 11.1 Å². The Morgan fingerprint density at radius 1 is 0.750 bits per heavy atom. The van der Waals surface area contributed by atoms with Gasteiger partial charge in [0.1, 0.15) is 5.82 Å². The summed E-state index contributed by atoms with van der Waals surface area (Å²) in [6, 6.07) is 47.5. The number of carbonyl (C=O) groups is 1. The summed E-state index contributed by atoms with van der Waals surface area (Å²) >= 11 is 0. The number of nitrogens with zero attached hydrogens (tertiary/aromatic N) is 6. The molecule has 7 rings (SSSR count). The number of aliphatic hydroxyl groups is 1. The van der Waals surface area contributed by atoms with Gasteiger partial charge in [-0.1, -0.05) is 153 Å². The van der Waals surface area contributed by atoms with Crippen molar-refractivity contribution in [1.29, 1.82) is 0 Å². The number of hydrogen-bond donors (Lipinski definition) is 1. The largest absolute Gasteiger partial charge is 0.464 e. The molecular weight excluding hydrogens is 649 g/mol. The Bertz CT molecular complexity index is 2090. The van der Waals surface area contributed by atoms with E-state index in [0.29, 0.717) is 18.7 Å². The molecule has 6 aromatic rings. The molecule has 2 heterocycles. The molecule has 0 atom stereocenters. The van der Waals surface area contributed by atoms with Crippen molar-refractivity contribution in [2.45, 2.75) is 50.4 Å². The monoisotopic (exact) mass is 688 g/mol. The fourth-order valence-electron chi connectivity index (χ4n) is 7.51. The normalized spacial score (nSPS) is 13.4. The van der Waals surface area contributed by atoms with E-state index in [1.807, 2.05) is 71.3 Å². The van der Waals surface area contributed by atoms with Crippen molar-refractivity contribution < 1.29 is 14.6 Å². The molecule has 1 aromatic heterocycles. The van der Waals surface area contributed by atoms with Gasteiger partial charge in [0.25, 0.3) is 0 Å². The van der Waals surface area contributed by atoms with Crippen molar-refractivity contribution in [1.82, 2.24) is 9.55 Å². The summed E-state index contributed by atoms with van der Waals surface area (Å²) < 4.78 is 6.98. The third kappa shape index (κ3) is 5.92. The average molecular weight is 689 g/mol. The summed E-state index contributed by atoms with van der Waals surface area (Å²) in [5, 5.41) is 28.5. The molecule has 1 N–H and O–H groups in total. The van der Waals surface area contributed by atoms with Crippen LogP contribution in [-0.4, -0.2) is 27.7 Å². The first kappa shape index (κ1) is 34.4. The smallest absolute Gasteiger partial charge is 0.356 e. The lowest BCUT2D eigenvalue weighted by Gasteiger charge is -2.45. The first-order valence-electron chi connectivity index (χ1n) is 17.5. The summed E-state index contributed by atoms with van der Waals surface area (Å²) in [5.74, 6) is 0.229. The van der Waals surface area contributed by atoms with Crippen molar-refractivity contribution >= 4 is 5.97 Å². The van der Waals surface area contributed by atoms with E-state index in [9.17, 15) is 9.90 Å². The van der Waals surface area contributed by atoms with Crippen LogP contribution in [0, 0.1) is 0 Å². The Morgan fingerprint density at radius 2 is 1.29 bits per heavy atom. The topological polar surface area (TPSA) is 114 Å². The van der Waals surface area contributed by atoms with Crippen molar-refractivity contribution in [2.24, 2.45) is 20.7 Å². The van der Waals surface area contributed by atoms with Crippen LogP contribution in [0.4, 0.5) is 0 Å². The number of ether oxygens (including phenoxy) is 1. The van der Waals surface area contributed by atoms with Crippen LogP contribution in [0.15, 0.2) is 160 Å². The predicted molar refractivity (Wildman–Crippen MR) is 200 cm³/mol. The molecule has 0 bridgehead atoms. The van der Waals surface area contributed by atoms with Gasteiger partial charge in [-0.3, -0.25) is 0 Å². The zero-order valence-electron chi connectivity index (χ0n) is 29.3. The molecule has 9 nitrogen and oxygen atoms in total. The first-order chi connectivity index (χ1) is 25.6. The molecule has 52 heavy (non-hydrogen) atoms. The van der Waals surface area contributed by atoms with Gasteiger partial charge in [-0.05, 0) is 50.2 Å². The number of aryl methyl sites for hydroxylation is 1. The number of aromatic nitrogens is 2. The lowest BCUT2D eigenvalue weighted by Crippen LogP contribution is -2.48. The Kier molecular flexibility index (Phi) is 9.95. The van der Waals surface area contributed by atoms with Crippen LogP contribution in [-0.2, 0) is 35.4 Å². The van der Waals surface area contributed by atoms with Crippen LogP contribution >= 0.6 is 0 Å². The molecule has 1 aliphatic rings. The Labute approximate surface area is 303 Å². The highest BCUT2D eigenvalue weighted by Crippen LogP contribution is 2.58. The van der Waals surface area contributed by atoms with Crippen LogP contribution in [0.5, 0.6) is 0 Å². The Balaban J connectivity index is 1.38. The molecule has 5 aromatic carbocycles. The number of imidazole rings is 1. The third-order valence-corrected chi connectivity index (χ3v) is 9.87. The average Bonchev–Trinajstić information content (AvgIpc) is 3.84. The second-order valence-corrected chi connectivity index (χ2v) is 12.8. The van der Waals surface area contributed by atoms with Gasteiger partial charge in [-0.15, -0.1) is 10.2 Å². The van der Waals surface area contributed by atoms with Crippen molar-refractivity contribution in [3.63, 3.8) is 0 Å². The molecule has 260 valence electrons. The predicted octanol–water partition coefficient (Wildman–Crippen LogP) is 9.24. The maximum atomic E-state index is 12.9. The number of hydrogen-bond acceptors (Lipinski definition) is 8. The second kappa shape index (κ2) is 15.0. The van der Waals surface area contributed by atoms with Crippen LogP contribution < -0.4 is 0 Å². The molecule has 0 saturated heterocycles. The molecule has 0 saturated carbocycles. The van der Waals surface area contributed by atoms with Crippen LogP contribution in [0.2, 0.25) is 0 Å². The molecule has 0 spiro atoms. The number of carbonyl (C=O) groups excluding carboxylic acids is 1. The highest BCUT2D eigenvalue weighted by atomic mass is 16.5. The molecule has 1 aliphatic heterocycles. The maximum Gasteiger partial charge on any atom is 0.356 e. The van der Waals surface area contributed by atoms with Gasteiger partial charge in [0.05, 0.1) is 24.8 Å². The Morgan fingerprint density at radius 3 is 1.81 bits per heavy atom. The van der Waals surface area contributed by atoms with E-state index in [1.54, 1.807) is 0 Å². The van der Waals surface area contributed by atoms with Crippen LogP contribution in [0.3, 0.4) is 0 Å². The number of aliphatic hydroxyl groups excluding tert-OH is 1. The fraction of sp³-hybridized carbons (Fsp3) is 0.209. The van der Waals surface area contributed by atoms with E-state index < -0.39 is 17.0 Å². The van der Waals surface area contributed by atoms with Gasteiger partial charge >= 0.3 is 5.97 Å². The highest BCUT2D eigenvalue weighted by molar-refractivity contribution is 5.89. The molecule has 9 heteroatoms. The van der Waals surface area contributed by atoms with Crippen LogP contribution in [0.1, 0.15) is 69.6 Å². The first-order valence-corrected chi connectivity index (χ1v) is 17.5. The Hall–Kier alpha value is -6.06. The van der Waals surface area contributed by atoms with E-state index >= 15 is 0 Å². The van der Waals surface area contributed by atoms with Gasteiger partial charge in [-0.25, -0.2) is 9.78 Å². The summed E-state index contributed by atoms with van der Waals surface area (Å²) in [5.41, 5.74) is 5.05. The lowest BCUT2D eigenvalue weighted by atomic mass is 9.59. The van der Waals surface area contributed by atoms with Gasteiger partial charge in [0.2, 0.25) is 5.66 Å². The minimum atomic E-state index is -1.31. The minimum Gasteiger partial charge on any atom is -0.464 e. The van der Waals surface area contributed by atoms with Crippen molar-refractivity contribution in [2.75, 3.05) is 7.11 Å². The van der Waals surface area contributed by atoms with Gasteiger partial charge in [0, 0.05) is 18.5 Å². The summed E-state index contributed by atoms with van der Waals surface area (Å²) in [7, 11) is 1.34. The summed E-state index contributed by atoms with van der Waals surface area (Å²) in [4.78, 5) is 17.5. The van der Waals surface area contributed by atoms with Crippen molar-refractivity contribution in [3.05, 3.63) is 185 Å². The number of rotatable bonds is 13. The van der Waals surface area contributed by atoms with Crippen molar-refractivity contribution in [3.8, 4) is 11.1 Å². The zero-order valence-corrected chi connectivity index (χ0v) is 29.3.